The Morgan fingerprint density at radius 1 is 1.32 bits per heavy atom. The van der Waals surface area contributed by atoms with Crippen LogP contribution in [0.5, 0.6) is 11.5 Å². The second-order valence-corrected chi connectivity index (χ2v) is 10.5. The number of nitrogens with zero attached hydrogens (tertiary/aromatic N) is 1. The molecule has 3 atom stereocenters. The minimum absolute atomic E-state index is 0.0356. The smallest absolute Gasteiger partial charge is 0.315 e. The van der Waals surface area contributed by atoms with Gasteiger partial charge in [-0.05, 0) is 56.2 Å². The van der Waals surface area contributed by atoms with Crippen LogP contribution in [0.4, 0.5) is 0 Å². The molecule has 3 aliphatic rings. The van der Waals surface area contributed by atoms with E-state index in [1.54, 1.807) is 26.0 Å². The second kappa shape index (κ2) is 9.70. The van der Waals surface area contributed by atoms with Crippen LogP contribution in [-0.2, 0) is 19.1 Å². The number of hydrogen-bond donors (Lipinski definition) is 1. The van der Waals surface area contributed by atoms with Gasteiger partial charge in [-0.15, -0.1) is 0 Å². The number of halogens is 1. The van der Waals surface area contributed by atoms with Crippen molar-refractivity contribution >= 4 is 29.1 Å². The fraction of sp³-hybridized carbons (Fsp3) is 0.577. The Morgan fingerprint density at radius 2 is 2.09 bits per heavy atom. The molecule has 2 aliphatic heterocycles. The van der Waals surface area contributed by atoms with Gasteiger partial charge in [0.1, 0.15) is 12.5 Å². The number of carbonyl (C=O) groups is 2. The van der Waals surface area contributed by atoms with E-state index in [0.717, 1.165) is 12.8 Å². The molecule has 1 aromatic rings. The highest BCUT2D eigenvalue weighted by Gasteiger charge is 2.46. The Bertz CT molecular complexity index is 1050. The van der Waals surface area contributed by atoms with Gasteiger partial charge in [-0.25, -0.2) is 0 Å². The highest BCUT2D eigenvalue weighted by molar-refractivity contribution is 6.32. The maximum atomic E-state index is 13.4. The average molecular weight is 490 g/mol. The number of carbonyl (C=O) groups excluding carboxylic acids is 2. The van der Waals surface area contributed by atoms with Crippen LogP contribution in [0.3, 0.4) is 0 Å². The number of hydrogen-bond acceptors (Lipinski definition) is 7. The third-order valence-corrected chi connectivity index (χ3v) is 6.99. The quantitative estimate of drug-likeness (QED) is 0.566. The van der Waals surface area contributed by atoms with Gasteiger partial charge >= 0.3 is 5.97 Å². The van der Waals surface area contributed by atoms with Crippen molar-refractivity contribution in [2.45, 2.75) is 65.4 Å². The number of esters is 1. The Morgan fingerprint density at radius 3 is 2.76 bits per heavy atom. The van der Waals surface area contributed by atoms with Crippen LogP contribution in [0.25, 0.3) is 0 Å². The normalized spacial score (nSPS) is 26.2. The number of benzene rings is 1. The zero-order valence-corrected chi connectivity index (χ0v) is 20.9. The van der Waals surface area contributed by atoms with Gasteiger partial charge in [0.25, 0.3) is 0 Å². The molecule has 1 N–H and O–H groups in total. The van der Waals surface area contributed by atoms with Crippen molar-refractivity contribution in [3.05, 3.63) is 34.0 Å². The van der Waals surface area contributed by atoms with Gasteiger partial charge in [0.05, 0.1) is 17.7 Å². The van der Waals surface area contributed by atoms with Crippen LogP contribution in [0, 0.1) is 11.3 Å². The number of phenols is 1. The molecule has 0 spiro atoms. The topological polar surface area (TPSA) is 94.4 Å². The first-order valence-corrected chi connectivity index (χ1v) is 12.2. The molecule has 1 fully saturated rings. The Kier molecular flexibility index (Phi) is 7.06. The van der Waals surface area contributed by atoms with Crippen molar-refractivity contribution in [2.24, 2.45) is 16.3 Å². The zero-order valence-electron chi connectivity index (χ0n) is 20.2. The molecule has 184 valence electrons. The average Bonchev–Trinajstić information content (AvgIpc) is 3.27. The number of ether oxygens (including phenoxy) is 3. The van der Waals surface area contributed by atoms with Gasteiger partial charge in [0.2, 0.25) is 0 Å². The van der Waals surface area contributed by atoms with E-state index >= 15 is 0 Å². The summed E-state index contributed by atoms with van der Waals surface area (Å²) in [6.07, 6.45) is 2.68. The second-order valence-electron chi connectivity index (χ2n) is 10.1. The Balaban J connectivity index is 1.78. The number of aliphatic imine (C=N–C) groups is 1. The summed E-state index contributed by atoms with van der Waals surface area (Å²) < 4.78 is 16.9. The molecule has 1 aromatic carbocycles. The summed E-state index contributed by atoms with van der Waals surface area (Å²) in [4.78, 5) is 31.6. The fourth-order valence-corrected chi connectivity index (χ4v) is 5.41. The number of rotatable bonds is 6. The van der Waals surface area contributed by atoms with Gasteiger partial charge < -0.3 is 19.3 Å². The van der Waals surface area contributed by atoms with E-state index < -0.39 is 17.8 Å². The fourth-order valence-electron chi connectivity index (χ4n) is 5.19. The molecular weight excluding hydrogens is 458 g/mol. The van der Waals surface area contributed by atoms with E-state index in [4.69, 9.17) is 30.8 Å². The third-order valence-electron chi connectivity index (χ3n) is 6.70. The largest absolute Gasteiger partial charge is 0.503 e. The van der Waals surface area contributed by atoms with Crippen LogP contribution >= 0.6 is 11.6 Å². The summed E-state index contributed by atoms with van der Waals surface area (Å²) in [6.45, 7) is 8.85. The molecule has 34 heavy (non-hydrogen) atoms. The van der Waals surface area contributed by atoms with Crippen molar-refractivity contribution in [1.29, 1.82) is 0 Å². The molecule has 4 rings (SSSR count). The van der Waals surface area contributed by atoms with Crippen LogP contribution < -0.4 is 4.74 Å². The lowest BCUT2D eigenvalue weighted by Gasteiger charge is -2.39. The number of Topliss-reactive ketones (excluding diaryl/α,β-unsaturated/α-hetero) is 1. The van der Waals surface area contributed by atoms with Crippen LogP contribution in [0.15, 0.2) is 28.4 Å². The molecule has 0 aromatic heterocycles. The maximum absolute atomic E-state index is 13.4. The molecule has 0 radical (unpaired) electrons. The first-order valence-electron chi connectivity index (χ1n) is 11.9. The molecule has 0 bridgehead atoms. The zero-order chi connectivity index (χ0) is 24.6. The van der Waals surface area contributed by atoms with Gasteiger partial charge in [-0.3, -0.25) is 14.6 Å². The van der Waals surface area contributed by atoms with Crippen molar-refractivity contribution in [2.75, 3.05) is 19.8 Å². The molecular formula is C26H32ClNO6. The van der Waals surface area contributed by atoms with Crippen molar-refractivity contribution in [3.63, 3.8) is 0 Å². The molecule has 7 nitrogen and oxygen atoms in total. The highest BCUT2D eigenvalue weighted by Crippen LogP contribution is 2.49. The van der Waals surface area contributed by atoms with E-state index in [2.05, 4.69) is 0 Å². The summed E-state index contributed by atoms with van der Waals surface area (Å²) >= 11 is 6.35. The van der Waals surface area contributed by atoms with Crippen molar-refractivity contribution < 1.29 is 28.9 Å². The van der Waals surface area contributed by atoms with Crippen molar-refractivity contribution in [3.8, 4) is 11.5 Å². The molecule has 0 unspecified atom stereocenters. The van der Waals surface area contributed by atoms with Gasteiger partial charge in [-0.2, -0.15) is 0 Å². The van der Waals surface area contributed by atoms with E-state index in [0.29, 0.717) is 48.6 Å². The highest BCUT2D eigenvalue weighted by atomic mass is 35.5. The van der Waals surface area contributed by atoms with E-state index in [9.17, 15) is 14.7 Å². The molecule has 0 saturated carbocycles. The van der Waals surface area contributed by atoms with Gasteiger partial charge in [0.15, 0.2) is 17.3 Å². The molecule has 2 heterocycles. The summed E-state index contributed by atoms with van der Waals surface area (Å²) in [6, 6.07) is 3.26. The predicted molar refractivity (Wildman–Crippen MR) is 129 cm³/mol. The van der Waals surface area contributed by atoms with Crippen molar-refractivity contribution in [1.82, 2.24) is 0 Å². The van der Waals surface area contributed by atoms with Crippen LogP contribution in [0.1, 0.15) is 64.9 Å². The van der Waals surface area contributed by atoms with Crippen LogP contribution in [-0.4, -0.2) is 48.5 Å². The lowest BCUT2D eigenvalue weighted by molar-refractivity contribution is -0.149. The lowest BCUT2D eigenvalue weighted by Crippen LogP contribution is -2.40. The standard InChI is InChI=1S/C26H32ClNO6/c1-5-32-20-10-15(9-17(27)24(20)30)22-21(25(31)34-13-16-7-6-8-33-16)14(2)28-18-11-26(3,4)12-19(29)23(18)22/h9-10,16,21-22,30H,5-8,11-13H2,1-4H3/t16-,21+,22-/m1/s1. The third kappa shape index (κ3) is 4.86. The van der Waals surface area contributed by atoms with Crippen LogP contribution in [0.2, 0.25) is 5.02 Å². The lowest BCUT2D eigenvalue weighted by atomic mass is 9.67. The minimum atomic E-state index is -0.791. The summed E-state index contributed by atoms with van der Waals surface area (Å²) in [5, 5.41) is 10.5. The Hall–Kier alpha value is -2.38. The van der Waals surface area contributed by atoms with Gasteiger partial charge in [0, 0.05) is 35.9 Å². The number of phenolic OH excluding ortho intramolecular Hbond substituents is 1. The monoisotopic (exact) mass is 489 g/mol. The Labute approximate surface area is 205 Å². The first kappa shape index (κ1) is 24.7. The maximum Gasteiger partial charge on any atom is 0.315 e. The summed E-state index contributed by atoms with van der Waals surface area (Å²) in [5.41, 5.74) is 2.21. The molecule has 0 amide bonds. The molecule has 8 heteroatoms. The SMILES string of the molecule is CCOc1cc([C@H]2C3=C(CC(C)(C)CC3=O)N=C(C)[C@@H]2C(=O)OC[C@H]2CCCO2)cc(Cl)c1O. The number of allylic oxidation sites excluding steroid dienone is 2. The predicted octanol–water partition coefficient (Wildman–Crippen LogP) is 4.98. The first-order chi connectivity index (χ1) is 16.1. The number of aromatic hydroxyl groups is 1. The minimum Gasteiger partial charge on any atom is -0.503 e. The molecule has 1 aliphatic carbocycles. The van der Waals surface area contributed by atoms with E-state index in [1.807, 2.05) is 13.8 Å². The molecule has 1 saturated heterocycles. The van der Waals surface area contributed by atoms with E-state index in [1.165, 1.54) is 0 Å². The van der Waals surface area contributed by atoms with E-state index in [-0.39, 0.29) is 40.4 Å². The van der Waals surface area contributed by atoms with Gasteiger partial charge in [-0.1, -0.05) is 25.4 Å². The number of ketones is 1. The summed E-state index contributed by atoms with van der Waals surface area (Å²) in [5.74, 6) is -1.87. The summed E-state index contributed by atoms with van der Waals surface area (Å²) in [7, 11) is 0.